The molecule has 2 aromatic carbocycles. The average molecular weight is 393 g/mol. The van der Waals surface area contributed by atoms with Crippen LogP contribution in [0.2, 0.25) is 0 Å². The Balaban J connectivity index is 1.85. The molecule has 0 aliphatic carbocycles. The lowest BCUT2D eigenvalue weighted by atomic mass is 10.0. The third-order valence-electron chi connectivity index (χ3n) is 3.43. The van der Waals surface area contributed by atoms with Gasteiger partial charge in [-0.25, -0.2) is 0 Å². The molecule has 0 fully saturated rings. The van der Waals surface area contributed by atoms with Crippen molar-refractivity contribution in [3.8, 4) is 0 Å². The molecule has 0 atom stereocenters. The van der Waals surface area contributed by atoms with Crippen LogP contribution >= 0.6 is 22.6 Å². The smallest absolute Gasteiger partial charge is 0.251 e. The van der Waals surface area contributed by atoms with Gasteiger partial charge in [-0.3, -0.25) is 4.79 Å². The molecule has 0 aliphatic heterocycles. The summed E-state index contributed by atoms with van der Waals surface area (Å²) in [6, 6.07) is 16.2. The summed E-state index contributed by atoms with van der Waals surface area (Å²) in [4.78, 5) is 12.0. The number of nitrogens with one attached hydrogen (secondary N) is 1. The minimum absolute atomic E-state index is 0.00711. The lowest BCUT2D eigenvalue weighted by molar-refractivity contribution is 0.0954. The highest BCUT2D eigenvalue weighted by molar-refractivity contribution is 14.1. The van der Waals surface area contributed by atoms with Crippen molar-refractivity contribution in [3.63, 3.8) is 0 Å². The Hall–Kier alpha value is -1.36. The van der Waals surface area contributed by atoms with Crippen LogP contribution < -0.4 is 5.32 Å². The van der Waals surface area contributed by atoms with Gasteiger partial charge < -0.3 is 5.32 Å². The van der Waals surface area contributed by atoms with Gasteiger partial charge in [0.2, 0.25) is 0 Å². The highest BCUT2D eigenvalue weighted by Gasteiger charge is 2.05. The number of amides is 1. The summed E-state index contributed by atoms with van der Waals surface area (Å²) in [7, 11) is 0. The second-order valence-corrected chi connectivity index (χ2v) is 6.66. The summed E-state index contributed by atoms with van der Waals surface area (Å²) in [5.74, 6) is 0.548. The molecule has 3 heteroatoms. The van der Waals surface area contributed by atoms with Crippen molar-refractivity contribution in [1.29, 1.82) is 0 Å². The van der Waals surface area contributed by atoms with Crippen LogP contribution in [-0.2, 0) is 6.42 Å². The molecular weight excluding hydrogens is 373 g/mol. The minimum atomic E-state index is -0.00711. The summed E-state index contributed by atoms with van der Waals surface area (Å²) in [6.45, 7) is 5.04. The second kappa shape index (κ2) is 7.59. The molecule has 110 valence electrons. The standard InChI is InChI=1S/C18H20INO/c1-13(2)15-8-6-14(7-9-15)10-11-20-18(21)16-4-3-5-17(19)12-16/h3-9,12-13H,10-11H2,1-2H3,(H,20,21). The van der Waals surface area contributed by atoms with E-state index >= 15 is 0 Å². The number of hydrogen-bond donors (Lipinski definition) is 1. The predicted octanol–water partition coefficient (Wildman–Crippen LogP) is 4.39. The predicted molar refractivity (Wildman–Crippen MR) is 95.7 cm³/mol. The molecule has 0 unspecified atom stereocenters. The van der Waals surface area contributed by atoms with Gasteiger partial charge >= 0.3 is 0 Å². The molecule has 2 aromatic rings. The van der Waals surface area contributed by atoms with E-state index < -0.39 is 0 Å². The van der Waals surface area contributed by atoms with Gasteiger partial charge in [0.15, 0.2) is 0 Å². The van der Waals surface area contributed by atoms with Crippen molar-refractivity contribution < 1.29 is 4.79 Å². The van der Waals surface area contributed by atoms with E-state index in [0.717, 1.165) is 15.6 Å². The fourth-order valence-electron chi connectivity index (χ4n) is 2.12. The van der Waals surface area contributed by atoms with Gasteiger partial charge in [0, 0.05) is 15.7 Å². The van der Waals surface area contributed by atoms with Crippen molar-refractivity contribution in [2.45, 2.75) is 26.2 Å². The van der Waals surface area contributed by atoms with Crippen molar-refractivity contribution >= 4 is 28.5 Å². The van der Waals surface area contributed by atoms with E-state index in [1.165, 1.54) is 11.1 Å². The number of carbonyl (C=O) groups is 1. The zero-order chi connectivity index (χ0) is 15.2. The van der Waals surface area contributed by atoms with Crippen molar-refractivity contribution in [2.75, 3.05) is 6.54 Å². The normalized spacial score (nSPS) is 10.7. The summed E-state index contributed by atoms with van der Waals surface area (Å²) in [6.07, 6.45) is 0.855. The molecule has 1 amide bonds. The SMILES string of the molecule is CC(C)c1ccc(CCNC(=O)c2cccc(I)c2)cc1. The average Bonchev–Trinajstić information content (AvgIpc) is 2.47. The Bertz CT molecular complexity index is 605. The maximum atomic E-state index is 12.0. The van der Waals surface area contributed by atoms with Crippen molar-refractivity contribution in [1.82, 2.24) is 5.32 Å². The van der Waals surface area contributed by atoms with E-state index in [-0.39, 0.29) is 5.91 Å². The molecule has 1 N–H and O–H groups in total. The van der Waals surface area contributed by atoms with Crippen molar-refractivity contribution in [3.05, 3.63) is 68.8 Å². The van der Waals surface area contributed by atoms with Gasteiger partial charge in [-0.15, -0.1) is 0 Å². The van der Waals surface area contributed by atoms with E-state index in [1.54, 1.807) is 0 Å². The molecule has 21 heavy (non-hydrogen) atoms. The fraction of sp³-hybridized carbons (Fsp3) is 0.278. The summed E-state index contributed by atoms with van der Waals surface area (Å²) >= 11 is 2.21. The van der Waals surface area contributed by atoms with Gasteiger partial charge in [0.25, 0.3) is 5.91 Å². The van der Waals surface area contributed by atoms with Crippen LogP contribution in [0.4, 0.5) is 0 Å². The Labute approximate surface area is 140 Å². The third kappa shape index (κ3) is 4.84. The van der Waals surface area contributed by atoms with Gasteiger partial charge in [-0.2, -0.15) is 0 Å². The van der Waals surface area contributed by atoms with Crippen LogP contribution in [0.1, 0.15) is 41.3 Å². The molecule has 0 bridgehead atoms. The van der Waals surface area contributed by atoms with E-state index in [0.29, 0.717) is 12.5 Å². The molecule has 0 heterocycles. The monoisotopic (exact) mass is 393 g/mol. The van der Waals surface area contributed by atoms with Gasteiger partial charge in [-0.1, -0.05) is 44.2 Å². The lowest BCUT2D eigenvalue weighted by Gasteiger charge is -2.08. The Morgan fingerprint density at radius 3 is 2.48 bits per heavy atom. The topological polar surface area (TPSA) is 29.1 Å². The zero-order valence-corrected chi connectivity index (χ0v) is 14.6. The number of halogens is 1. The van der Waals surface area contributed by atoms with Crippen LogP contribution in [0.3, 0.4) is 0 Å². The Morgan fingerprint density at radius 1 is 1.14 bits per heavy atom. The number of rotatable bonds is 5. The molecule has 0 radical (unpaired) electrons. The zero-order valence-electron chi connectivity index (χ0n) is 12.4. The lowest BCUT2D eigenvalue weighted by Crippen LogP contribution is -2.25. The van der Waals surface area contributed by atoms with E-state index in [1.807, 2.05) is 24.3 Å². The first-order valence-electron chi connectivity index (χ1n) is 7.19. The Morgan fingerprint density at radius 2 is 1.86 bits per heavy atom. The molecule has 0 aromatic heterocycles. The molecule has 2 rings (SSSR count). The summed E-state index contributed by atoms with van der Waals surface area (Å²) in [5, 5.41) is 2.97. The number of carbonyl (C=O) groups excluding carboxylic acids is 1. The molecule has 0 aliphatic rings. The largest absolute Gasteiger partial charge is 0.352 e. The van der Waals surface area contributed by atoms with E-state index in [2.05, 4.69) is 66.0 Å². The first-order chi connectivity index (χ1) is 10.1. The third-order valence-corrected chi connectivity index (χ3v) is 4.10. The van der Waals surface area contributed by atoms with E-state index in [4.69, 9.17) is 0 Å². The van der Waals surface area contributed by atoms with Crippen LogP contribution in [-0.4, -0.2) is 12.5 Å². The van der Waals surface area contributed by atoms with E-state index in [9.17, 15) is 4.79 Å². The number of hydrogen-bond acceptors (Lipinski definition) is 1. The highest BCUT2D eigenvalue weighted by atomic mass is 127. The van der Waals surface area contributed by atoms with Crippen LogP contribution in [0, 0.1) is 3.57 Å². The van der Waals surface area contributed by atoms with Crippen LogP contribution in [0.25, 0.3) is 0 Å². The second-order valence-electron chi connectivity index (χ2n) is 5.41. The van der Waals surface area contributed by atoms with Crippen LogP contribution in [0.5, 0.6) is 0 Å². The fourth-order valence-corrected chi connectivity index (χ4v) is 2.66. The Kier molecular flexibility index (Phi) is 5.79. The molecule has 0 saturated heterocycles. The molecule has 2 nitrogen and oxygen atoms in total. The first-order valence-corrected chi connectivity index (χ1v) is 8.27. The first kappa shape index (κ1) is 16.0. The van der Waals surface area contributed by atoms with Gasteiger partial charge in [0.05, 0.1) is 0 Å². The van der Waals surface area contributed by atoms with Gasteiger partial charge in [-0.05, 0) is 64.3 Å². The summed E-state index contributed by atoms with van der Waals surface area (Å²) < 4.78 is 1.07. The molecule has 0 saturated carbocycles. The molecular formula is C18H20INO. The molecule has 0 spiro atoms. The van der Waals surface area contributed by atoms with Crippen LogP contribution in [0.15, 0.2) is 48.5 Å². The maximum absolute atomic E-state index is 12.0. The highest BCUT2D eigenvalue weighted by Crippen LogP contribution is 2.14. The summed E-state index contributed by atoms with van der Waals surface area (Å²) in [5.41, 5.74) is 3.32. The van der Waals surface area contributed by atoms with Crippen molar-refractivity contribution in [2.24, 2.45) is 0 Å². The number of benzene rings is 2. The maximum Gasteiger partial charge on any atom is 0.251 e. The quantitative estimate of drug-likeness (QED) is 0.751. The minimum Gasteiger partial charge on any atom is -0.352 e. The van der Waals surface area contributed by atoms with Gasteiger partial charge in [0.1, 0.15) is 0 Å².